The largest absolute Gasteiger partial charge is 0.396 e. The maximum Gasteiger partial charge on any atom is 0.251 e. The average molecular weight is 235 g/mol. The molecule has 1 rings (SSSR count). The summed E-state index contributed by atoms with van der Waals surface area (Å²) in [5.74, 6) is 0.261. The topological polar surface area (TPSA) is 49.3 Å². The molecule has 0 bridgehead atoms. The van der Waals surface area contributed by atoms with Crippen molar-refractivity contribution in [3.05, 3.63) is 34.9 Å². The molecule has 0 saturated heterocycles. The van der Waals surface area contributed by atoms with Gasteiger partial charge in [-0.2, -0.15) is 0 Å². The SMILES string of the molecule is Cc1cc(C)cc(C(=O)NCC(C)CCO)c1. The summed E-state index contributed by atoms with van der Waals surface area (Å²) in [5, 5.41) is 11.7. The molecule has 0 aliphatic heterocycles. The Morgan fingerprint density at radius 3 is 2.41 bits per heavy atom. The van der Waals surface area contributed by atoms with Crippen LogP contribution in [0.1, 0.15) is 34.8 Å². The van der Waals surface area contributed by atoms with Crippen molar-refractivity contribution in [2.24, 2.45) is 5.92 Å². The fourth-order valence-corrected chi connectivity index (χ4v) is 1.80. The molecule has 0 aliphatic rings. The fraction of sp³-hybridized carbons (Fsp3) is 0.500. The van der Waals surface area contributed by atoms with Gasteiger partial charge in [0, 0.05) is 18.7 Å². The Morgan fingerprint density at radius 2 is 1.88 bits per heavy atom. The third-order valence-electron chi connectivity index (χ3n) is 2.72. The minimum Gasteiger partial charge on any atom is -0.396 e. The van der Waals surface area contributed by atoms with E-state index in [1.165, 1.54) is 0 Å². The predicted octanol–water partition coefficient (Wildman–Crippen LogP) is 2.05. The van der Waals surface area contributed by atoms with Crippen molar-refractivity contribution in [1.29, 1.82) is 0 Å². The summed E-state index contributed by atoms with van der Waals surface area (Å²) < 4.78 is 0. The first-order chi connectivity index (χ1) is 8.02. The quantitative estimate of drug-likeness (QED) is 0.820. The van der Waals surface area contributed by atoms with E-state index in [0.29, 0.717) is 24.4 Å². The second-order valence-corrected chi connectivity index (χ2v) is 4.70. The predicted molar refractivity (Wildman–Crippen MR) is 69.1 cm³/mol. The average Bonchev–Trinajstić information content (AvgIpc) is 2.25. The van der Waals surface area contributed by atoms with Crippen LogP contribution in [0.2, 0.25) is 0 Å². The van der Waals surface area contributed by atoms with Crippen molar-refractivity contribution in [3.8, 4) is 0 Å². The van der Waals surface area contributed by atoms with E-state index in [4.69, 9.17) is 5.11 Å². The summed E-state index contributed by atoms with van der Waals surface area (Å²) in [6, 6.07) is 5.82. The third kappa shape index (κ3) is 4.57. The van der Waals surface area contributed by atoms with Gasteiger partial charge in [-0.1, -0.05) is 24.1 Å². The molecular weight excluding hydrogens is 214 g/mol. The number of aliphatic hydroxyl groups is 1. The lowest BCUT2D eigenvalue weighted by Gasteiger charge is -2.11. The van der Waals surface area contributed by atoms with Crippen LogP contribution in [-0.2, 0) is 0 Å². The van der Waals surface area contributed by atoms with Crippen LogP contribution in [0.3, 0.4) is 0 Å². The number of nitrogens with one attached hydrogen (secondary N) is 1. The van der Waals surface area contributed by atoms with Crippen LogP contribution in [0, 0.1) is 19.8 Å². The lowest BCUT2D eigenvalue weighted by Crippen LogP contribution is -2.28. The molecule has 0 radical (unpaired) electrons. The first kappa shape index (κ1) is 13.7. The van der Waals surface area contributed by atoms with Crippen molar-refractivity contribution < 1.29 is 9.90 Å². The fourth-order valence-electron chi connectivity index (χ4n) is 1.80. The Morgan fingerprint density at radius 1 is 1.29 bits per heavy atom. The van der Waals surface area contributed by atoms with Crippen molar-refractivity contribution in [3.63, 3.8) is 0 Å². The zero-order valence-corrected chi connectivity index (χ0v) is 10.8. The number of hydrogen-bond donors (Lipinski definition) is 2. The Kier molecular flexibility index (Phi) is 5.16. The maximum absolute atomic E-state index is 11.9. The van der Waals surface area contributed by atoms with Crippen LogP contribution in [0.4, 0.5) is 0 Å². The van der Waals surface area contributed by atoms with Gasteiger partial charge in [0.2, 0.25) is 0 Å². The molecule has 1 unspecified atom stereocenters. The molecule has 1 amide bonds. The molecular formula is C14H21NO2. The number of aliphatic hydroxyl groups excluding tert-OH is 1. The molecule has 2 N–H and O–H groups in total. The lowest BCUT2D eigenvalue weighted by atomic mass is 10.1. The Bertz CT molecular complexity index is 368. The highest BCUT2D eigenvalue weighted by Gasteiger charge is 2.08. The minimum absolute atomic E-state index is 0.0402. The molecule has 94 valence electrons. The standard InChI is InChI=1S/C14H21NO2/c1-10(4-5-16)9-15-14(17)13-7-11(2)6-12(3)8-13/h6-8,10,16H,4-5,9H2,1-3H3,(H,15,17). The van der Waals surface area contributed by atoms with Gasteiger partial charge in [-0.25, -0.2) is 0 Å². The van der Waals surface area contributed by atoms with Gasteiger partial charge in [-0.15, -0.1) is 0 Å². The van der Waals surface area contributed by atoms with Gasteiger partial charge in [-0.3, -0.25) is 4.79 Å². The number of amides is 1. The summed E-state index contributed by atoms with van der Waals surface area (Å²) in [6.07, 6.45) is 0.715. The highest BCUT2D eigenvalue weighted by Crippen LogP contribution is 2.09. The number of carbonyl (C=O) groups is 1. The number of aryl methyl sites for hydroxylation is 2. The second kappa shape index (κ2) is 6.40. The van der Waals surface area contributed by atoms with Crippen molar-refractivity contribution >= 4 is 5.91 Å². The highest BCUT2D eigenvalue weighted by molar-refractivity contribution is 5.94. The molecule has 0 aliphatic carbocycles. The number of benzene rings is 1. The van der Waals surface area contributed by atoms with Crippen molar-refractivity contribution in [2.45, 2.75) is 27.2 Å². The summed E-state index contributed by atoms with van der Waals surface area (Å²) in [6.45, 7) is 6.75. The smallest absolute Gasteiger partial charge is 0.251 e. The molecule has 1 aromatic carbocycles. The molecule has 0 aromatic heterocycles. The van der Waals surface area contributed by atoms with Crippen molar-refractivity contribution in [1.82, 2.24) is 5.32 Å². The van der Waals surface area contributed by atoms with Crippen LogP contribution in [0.15, 0.2) is 18.2 Å². The van der Waals surface area contributed by atoms with Gasteiger partial charge >= 0.3 is 0 Å². The van der Waals surface area contributed by atoms with E-state index in [9.17, 15) is 4.79 Å². The summed E-state index contributed by atoms with van der Waals surface area (Å²) >= 11 is 0. The summed E-state index contributed by atoms with van der Waals surface area (Å²) in [5.41, 5.74) is 2.90. The van der Waals surface area contributed by atoms with Gasteiger partial charge < -0.3 is 10.4 Å². The molecule has 17 heavy (non-hydrogen) atoms. The van der Waals surface area contributed by atoms with E-state index in [-0.39, 0.29) is 12.5 Å². The third-order valence-corrected chi connectivity index (χ3v) is 2.72. The monoisotopic (exact) mass is 235 g/mol. The highest BCUT2D eigenvalue weighted by atomic mass is 16.3. The van der Waals surface area contributed by atoms with E-state index >= 15 is 0 Å². The summed E-state index contributed by atoms with van der Waals surface area (Å²) in [4.78, 5) is 11.9. The number of rotatable bonds is 5. The molecule has 3 nitrogen and oxygen atoms in total. The van der Waals surface area contributed by atoms with Crippen LogP contribution in [0.5, 0.6) is 0 Å². The molecule has 1 aromatic rings. The van der Waals surface area contributed by atoms with E-state index in [1.807, 2.05) is 39.0 Å². The van der Waals surface area contributed by atoms with Gasteiger partial charge in [0.1, 0.15) is 0 Å². The van der Waals surface area contributed by atoms with E-state index in [1.54, 1.807) is 0 Å². The second-order valence-electron chi connectivity index (χ2n) is 4.70. The molecule has 3 heteroatoms. The summed E-state index contributed by atoms with van der Waals surface area (Å²) in [7, 11) is 0. The molecule has 0 heterocycles. The van der Waals surface area contributed by atoms with E-state index < -0.39 is 0 Å². The Balaban J connectivity index is 2.58. The number of hydrogen-bond acceptors (Lipinski definition) is 2. The van der Waals surface area contributed by atoms with Crippen LogP contribution in [0.25, 0.3) is 0 Å². The van der Waals surface area contributed by atoms with Gasteiger partial charge in [0.15, 0.2) is 0 Å². The van der Waals surface area contributed by atoms with Crippen molar-refractivity contribution in [2.75, 3.05) is 13.2 Å². The van der Waals surface area contributed by atoms with Gasteiger partial charge in [-0.05, 0) is 38.3 Å². The van der Waals surface area contributed by atoms with Crippen LogP contribution in [-0.4, -0.2) is 24.2 Å². The maximum atomic E-state index is 11.9. The van der Waals surface area contributed by atoms with Crippen LogP contribution < -0.4 is 5.32 Å². The van der Waals surface area contributed by atoms with Gasteiger partial charge in [0.25, 0.3) is 5.91 Å². The molecule has 0 spiro atoms. The zero-order chi connectivity index (χ0) is 12.8. The molecule has 0 saturated carbocycles. The lowest BCUT2D eigenvalue weighted by molar-refractivity contribution is 0.0945. The molecule has 1 atom stereocenters. The number of carbonyl (C=O) groups excluding carboxylic acids is 1. The van der Waals surface area contributed by atoms with Crippen LogP contribution >= 0.6 is 0 Å². The van der Waals surface area contributed by atoms with E-state index in [0.717, 1.165) is 11.1 Å². The Hall–Kier alpha value is -1.35. The first-order valence-corrected chi connectivity index (χ1v) is 6.00. The minimum atomic E-state index is -0.0402. The zero-order valence-electron chi connectivity index (χ0n) is 10.8. The normalized spacial score (nSPS) is 12.2. The Labute approximate surface area is 103 Å². The first-order valence-electron chi connectivity index (χ1n) is 6.00. The van der Waals surface area contributed by atoms with Gasteiger partial charge in [0.05, 0.1) is 0 Å². The van der Waals surface area contributed by atoms with E-state index in [2.05, 4.69) is 5.32 Å². The molecule has 0 fully saturated rings.